The summed E-state index contributed by atoms with van der Waals surface area (Å²) < 4.78 is 7.96. The zero-order chi connectivity index (χ0) is 14.2. The molecule has 0 spiro atoms. The minimum Gasteiger partial charge on any atom is -0.496 e. The molecule has 21 heavy (non-hydrogen) atoms. The summed E-state index contributed by atoms with van der Waals surface area (Å²) in [6, 6.07) is 19.3. The predicted molar refractivity (Wildman–Crippen MR) is 84.8 cm³/mol. The number of ether oxygens (including phenoxy) is 1. The summed E-state index contributed by atoms with van der Waals surface area (Å²) in [7, 11) is 1.73. The third kappa shape index (κ3) is 1.93. The van der Waals surface area contributed by atoms with E-state index >= 15 is 0 Å². The summed E-state index contributed by atoms with van der Waals surface area (Å²) in [6.07, 6.45) is 0. The molecule has 3 aromatic rings. The molecule has 2 aromatic carbocycles. The van der Waals surface area contributed by atoms with Crippen molar-refractivity contribution < 1.29 is 4.74 Å². The SMILES string of the molecule is COc1ccccc1C1NCCn2c1cc1ccccc12. The standard InChI is InChI=1S/C18H18N2O/c1-21-17-9-5-3-7-14(17)18-16-12-13-6-2-4-8-15(13)20(16)11-10-19-18/h2-9,12,18-19H,10-11H2,1H3. The first-order valence-electron chi connectivity index (χ1n) is 7.33. The molecule has 0 aliphatic carbocycles. The van der Waals surface area contributed by atoms with Crippen LogP contribution in [0.3, 0.4) is 0 Å². The van der Waals surface area contributed by atoms with E-state index in [1.54, 1.807) is 7.11 Å². The molecule has 106 valence electrons. The molecule has 0 fully saturated rings. The zero-order valence-corrected chi connectivity index (χ0v) is 12.0. The molecule has 0 saturated carbocycles. The second-order valence-corrected chi connectivity index (χ2v) is 5.41. The summed E-state index contributed by atoms with van der Waals surface area (Å²) in [5, 5.41) is 4.93. The monoisotopic (exact) mass is 278 g/mol. The summed E-state index contributed by atoms with van der Waals surface area (Å²) in [4.78, 5) is 0. The molecule has 2 heterocycles. The molecule has 0 bridgehead atoms. The first-order valence-corrected chi connectivity index (χ1v) is 7.33. The molecule has 3 heteroatoms. The second-order valence-electron chi connectivity index (χ2n) is 5.41. The number of para-hydroxylation sites is 2. The van der Waals surface area contributed by atoms with Gasteiger partial charge >= 0.3 is 0 Å². The van der Waals surface area contributed by atoms with E-state index in [1.807, 2.05) is 12.1 Å². The van der Waals surface area contributed by atoms with E-state index in [4.69, 9.17) is 4.74 Å². The lowest BCUT2D eigenvalue weighted by molar-refractivity contribution is 0.396. The van der Waals surface area contributed by atoms with Crippen molar-refractivity contribution in [2.24, 2.45) is 0 Å². The lowest BCUT2D eigenvalue weighted by Gasteiger charge is -2.28. The van der Waals surface area contributed by atoms with Crippen molar-refractivity contribution >= 4 is 10.9 Å². The predicted octanol–water partition coefficient (Wildman–Crippen LogP) is 3.34. The first kappa shape index (κ1) is 12.5. The Morgan fingerprint density at radius 1 is 1.10 bits per heavy atom. The third-order valence-electron chi connectivity index (χ3n) is 4.27. The molecule has 1 aliphatic heterocycles. The lowest BCUT2D eigenvalue weighted by Crippen LogP contribution is -2.33. The highest BCUT2D eigenvalue weighted by Gasteiger charge is 2.25. The van der Waals surface area contributed by atoms with Gasteiger partial charge in [-0.2, -0.15) is 0 Å². The van der Waals surface area contributed by atoms with Gasteiger partial charge in [0.2, 0.25) is 0 Å². The van der Waals surface area contributed by atoms with Gasteiger partial charge in [0, 0.05) is 29.9 Å². The Morgan fingerprint density at radius 3 is 2.81 bits per heavy atom. The number of nitrogens with zero attached hydrogens (tertiary/aromatic N) is 1. The molecule has 0 radical (unpaired) electrons. The number of hydrogen-bond acceptors (Lipinski definition) is 2. The van der Waals surface area contributed by atoms with Gasteiger partial charge in [-0.05, 0) is 23.6 Å². The van der Waals surface area contributed by atoms with Gasteiger partial charge in [0.25, 0.3) is 0 Å². The average Bonchev–Trinajstić information content (AvgIpc) is 2.93. The van der Waals surface area contributed by atoms with E-state index in [9.17, 15) is 0 Å². The van der Waals surface area contributed by atoms with Gasteiger partial charge < -0.3 is 14.6 Å². The topological polar surface area (TPSA) is 26.2 Å². The number of fused-ring (bicyclic) bond motifs is 3. The minimum absolute atomic E-state index is 0.183. The van der Waals surface area contributed by atoms with Crippen LogP contribution in [0.4, 0.5) is 0 Å². The first-order chi connectivity index (χ1) is 10.4. The zero-order valence-electron chi connectivity index (χ0n) is 12.0. The second kappa shape index (κ2) is 4.93. The average molecular weight is 278 g/mol. The van der Waals surface area contributed by atoms with E-state index in [2.05, 4.69) is 52.3 Å². The molecule has 3 nitrogen and oxygen atoms in total. The maximum absolute atomic E-state index is 5.54. The van der Waals surface area contributed by atoms with E-state index in [0.29, 0.717) is 0 Å². The summed E-state index contributed by atoms with van der Waals surface area (Å²) in [6.45, 7) is 1.98. The van der Waals surface area contributed by atoms with Crippen LogP contribution < -0.4 is 10.1 Å². The summed E-state index contributed by atoms with van der Waals surface area (Å²) >= 11 is 0. The Bertz CT molecular complexity index is 791. The molecule has 1 atom stereocenters. The van der Waals surface area contributed by atoms with Crippen LogP contribution in [-0.2, 0) is 6.54 Å². The van der Waals surface area contributed by atoms with Crippen LogP contribution in [0.5, 0.6) is 5.75 Å². The van der Waals surface area contributed by atoms with Crippen LogP contribution in [0.1, 0.15) is 17.3 Å². The lowest BCUT2D eigenvalue weighted by atomic mass is 10.0. The van der Waals surface area contributed by atoms with Crippen molar-refractivity contribution in [2.75, 3.05) is 13.7 Å². The Hall–Kier alpha value is -2.26. The maximum atomic E-state index is 5.54. The van der Waals surface area contributed by atoms with Gasteiger partial charge in [-0.25, -0.2) is 0 Å². The van der Waals surface area contributed by atoms with Crippen molar-refractivity contribution in [1.29, 1.82) is 0 Å². The van der Waals surface area contributed by atoms with Crippen LogP contribution in [0.25, 0.3) is 10.9 Å². The highest BCUT2D eigenvalue weighted by Crippen LogP contribution is 2.34. The Labute approximate surface area is 124 Å². The van der Waals surface area contributed by atoms with Crippen molar-refractivity contribution in [2.45, 2.75) is 12.6 Å². The molecule has 0 saturated heterocycles. The van der Waals surface area contributed by atoms with E-state index in [1.165, 1.54) is 22.2 Å². The van der Waals surface area contributed by atoms with Crippen LogP contribution in [0.2, 0.25) is 0 Å². The largest absolute Gasteiger partial charge is 0.496 e. The molecule has 1 N–H and O–H groups in total. The molecular weight excluding hydrogens is 260 g/mol. The Balaban J connectivity index is 1.90. The van der Waals surface area contributed by atoms with Crippen LogP contribution in [0.15, 0.2) is 54.6 Å². The fourth-order valence-corrected chi connectivity index (χ4v) is 3.32. The molecule has 4 rings (SSSR count). The van der Waals surface area contributed by atoms with Crippen molar-refractivity contribution in [3.05, 3.63) is 65.9 Å². The summed E-state index contributed by atoms with van der Waals surface area (Å²) in [5.74, 6) is 0.939. The quantitative estimate of drug-likeness (QED) is 0.778. The minimum atomic E-state index is 0.183. The number of methoxy groups -OCH3 is 1. The number of rotatable bonds is 2. The highest BCUT2D eigenvalue weighted by molar-refractivity contribution is 5.81. The molecule has 0 amide bonds. The smallest absolute Gasteiger partial charge is 0.124 e. The number of hydrogen-bond donors (Lipinski definition) is 1. The molecule has 1 aliphatic rings. The van der Waals surface area contributed by atoms with Gasteiger partial charge in [0.1, 0.15) is 5.75 Å². The van der Waals surface area contributed by atoms with E-state index in [0.717, 1.165) is 18.8 Å². The Morgan fingerprint density at radius 2 is 1.90 bits per heavy atom. The van der Waals surface area contributed by atoms with Crippen LogP contribution in [-0.4, -0.2) is 18.2 Å². The fraction of sp³-hybridized carbons (Fsp3) is 0.222. The maximum Gasteiger partial charge on any atom is 0.124 e. The van der Waals surface area contributed by atoms with E-state index in [-0.39, 0.29) is 6.04 Å². The Kier molecular flexibility index (Phi) is 2.93. The van der Waals surface area contributed by atoms with Crippen molar-refractivity contribution in [3.63, 3.8) is 0 Å². The van der Waals surface area contributed by atoms with Gasteiger partial charge in [0.05, 0.1) is 13.2 Å². The van der Waals surface area contributed by atoms with Crippen LogP contribution in [0, 0.1) is 0 Å². The molecule has 1 aromatic heterocycles. The van der Waals surface area contributed by atoms with Crippen molar-refractivity contribution in [1.82, 2.24) is 9.88 Å². The number of benzene rings is 2. The van der Waals surface area contributed by atoms with Crippen LogP contribution >= 0.6 is 0 Å². The van der Waals surface area contributed by atoms with Gasteiger partial charge in [-0.15, -0.1) is 0 Å². The number of nitrogens with one attached hydrogen (secondary N) is 1. The molecule has 1 unspecified atom stereocenters. The van der Waals surface area contributed by atoms with Gasteiger partial charge in [-0.1, -0.05) is 36.4 Å². The van der Waals surface area contributed by atoms with Gasteiger partial charge in [0.15, 0.2) is 0 Å². The summed E-state index contributed by atoms with van der Waals surface area (Å²) in [5.41, 5.74) is 3.82. The highest BCUT2D eigenvalue weighted by atomic mass is 16.5. The van der Waals surface area contributed by atoms with Crippen molar-refractivity contribution in [3.8, 4) is 5.75 Å². The third-order valence-corrected chi connectivity index (χ3v) is 4.27. The van der Waals surface area contributed by atoms with E-state index < -0.39 is 0 Å². The normalized spacial score (nSPS) is 17.7. The molecular formula is C18H18N2O. The number of aromatic nitrogens is 1. The van der Waals surface area contributed by atoms with Gasteiger partial charge in [-0.3, -0.25) is 0 Å². The fourth-order valence-electron chi connectivity index (χ4n) is 3.32.